The van der Waals surface area contributed by atoms with Crippen molar-refractivity contribution in [3.8, 4) is 5.75 Å². The van der Waals surface area contributed by atoms with E-state index in [0.717, 1.165) is 11.1 Å². The molecule has 142 valence electrons. The highest BCUT2D eigenvalue weighted by Crippen LogP contribution is 2.34. The van der Waals surface area contributed by atoms with Crippen LogP contribution < -0.4 is 15.8 Å². The maximum Gasteiger partial charge on any atom is 0.248 e. The molecule has 4 rings (SSSR count). The Bertz CT molecular complexity index is 1060. The molecular weight excluding hydrogens is 378 g/mol. The first kappa shape index (κ1) is 18.1. The molecule has 1 aliphatic heterocycles. The van der Waals surface area contributed by atoms with Gasteiger partial charge in [0.05, 0.1) is 5.57 Å². The number of halogens is 1. The Morgan fingerprint density at radius 3 is 2.71 bits per heavy atom. The molecular formula is C20H18ClN5O2. The minimum Gasteiger partial charge on any atom is -0.489 e. The molecule has 1 aliphatic rings. The molecule has 2 aromatic carbocycles. The van der Waals surface area contributed by atoms with Crippen LogP contribution in [0.2, 0.25) is 5.02 Å². The maximum absolute atomic E-state index is 12.1. The Hall–Kier alpha value is -3.32. The number of carbonyl (C=O) groups is 1. The maximum atomic E-state index is 12.1. The second-order valence-electron chi connectivity index (χ2n) is 6.41. The van der Waals surface area contributed by atoms with Crippen molar-refractivity contribution in [1.29, 1.82) is 0 Å². The Labute approximate surface area is 166 Å². The third-order valence-electron chi connectivity index (χ3n) is 4.61. The van der Waals surface area contributed by atoms with Crippen molar-refractivity contribution in [3.63, 3.8) is 0 Å². The molecule has 0 radical (unpaired) electrons. The number of carbonyl (C=O) groups excluding carboxylic acids is 1. The van der Waals surface area contributed by atoms with Crippen LogP contribution in [0.4, 0.5) is 5.95 Å². The molecule has 1 amide bonds. The summed E-state index contributed by atoms with van der Waals surface area (Å²) < 4.78 is 7.48. The summed E-state index contributed by atoms with van der Waals surface area (Å²) in [7, 11) is 0. The normalized spacial score (nSPS) is 15.7. The lowest BCUT2D eigenvalue weighted by Crippen LogP contribution is -2.31. The van der Waals surface area contributed by atoms with Crippen molar-refractivity contribution in [2.75, 3.05) is 5.32 Å². The largest absolute Gasteiger partial charge is 0.489 e. The summed E-state index contributed by atoms with van der Waals surface area (Å²) in [6, 6.07) is 14.6. The Balaban J connectivity index is 1.60. The van der Waals surface area contributed by atoms with Gasteiger partial charge in [-0.15, -0.1) is 0 Å². The summed E-state index contributed by atoms with van der Waals surface area (Å²) in [5.74, 6) is 0.750. The third-order valence-corrected chi connectivity index (χ3v) is 4.98. The SMILES string of the molecule is CC1=C(C(N)=O)C(c2ccc(OCc3ccccc3Cl)cc2)n2ncnc2N1. The molecule has 0 saturated heterocycles. The number of rotatable bonds is 5. The van der Waals surface area contributed by atoms with E-state index in [1.807, 2.05) is 48.5 Å². The van der Waals surface area contributed by atoms with Gasteiger partial charge in [0.1, 0.15) is 24.7 Å². The van der Waals surface area contributed by atoms with E-state index in [-0.39, 0.29) is 0 Å². The zero-order valence-corrected chi connectivity index (χ0v) is 15.8. The molecule has 0 spiro atoms. The molecule has 1 unspecified atom stereocenters. The molecule has 0 bridgehead atoms. The monoisotopic (exact) mass is 395 g/mol. The summed E-state index contributed by atoms with van der Waals surface area (Å²) in [5, 5.41) is 7.97. The number of aromatic nitrogens is 3. The van der Waals surface area contributed by atoms with Gasteiger partial charge in [0, 0.05) is 16.3 Å². The number of allylic oxidation sites excluding steroid dienone is 1. The number of amides is 1. The topological polar surface area (TPSA) is 95.1 Å². The summed E-state index contributed by atoms with van der Waals surface area (Å²) >= 11 is 6.16. The Kier molecular flexibility index (Phi) is 4.75. The fourth-order valence-corrected chi connectivity index (χ4v) is 3.43. The lowest BCUT2D eigenvalue weighted by molar-refractivity contribution is -0.115. The molecule has 0 fully saturated rings. The van der Waals surface area contributed by atoms with E-state index in [4.69, 9.17) is 22.1 Å². The second-order valence-corrected chi connectivity index (χ2v) is 6.81. The first-order valence-electron chi connectivity index (χ1n) is 8.68. The van der Waals surface area contributed by atoms with Crippen molar-refractivity contribution in [2.45, 2.75) is 19.6 Å². The average molecular weight is 396 g/mol. The van der Waals surface area contributed by atoms with E-state index >= 15 is 0 Å². The summed E-state index contributed by atoms with van der Waals surface area (Å²) in [5.41, 5.74) is 8.51. The van der Waals surface area contributed by atoms with Gasteiger partial charge in [-0.3, -0.25) is 4.79 Å². The minimum atomic E-state index is -0.504. The summed E-state index contributed by atoms with van der Waals surface area (Å²) in [6.45, 7) is 2.16. The second kappa shape index (κ2) is 7.36. The van der Waals surface area contributed by atoms with Gasteiger partial charge in [0.2, 0.25) is 11.9 Å². The lowest BCUT2D eigenvalue weighted by Gasteiger charge is -2.27. The summed E-state index contributed by atoms with van der Waals surface area (Å²) in [4.78, 5) is 16.2. The minimum absolute atomic E-state index is 0.366. The molecule has 3 N–H and O–H groups in total. The van der Waals surface area contributed by atoms with Crippen LogP contribution in [0.25, 0.3) is 0 Å². The van der Waals surface area contributed by atoms with Crippen molar-refractivity contribution < 1.29 is 9.53 Å². The van der Waals surface area contributed by atoms with Crippen LogP contribution >= 0.6 is 11.6 Å². The highest BCUT2D eigenvalue weighted by atomic mass is 35.5. The van der Waals surface area contributed by atoms with Crippen LogP contribution in [0, 0.1) is 0 Å². The molecule has 0 saturated carbocycles. The van der Waals surface area contributed by atoms with Gasteiger partial charge in [0.15, 0.2) is 0 Å². The predicted molar refractivity (Wildman–Crippen MR) is 106 cm³/mol. The van der Waals surface area contributed by atoms with Gasteiger partial charge in [-0.2, -0.15) is 10.1 Å². The van der Waals surface area contributed by atoms with E-state index < -0.39 is 11.9 Å². The van der Waals surface area contributed by atoms with Crippen LogP contribution in [-0.4, -0.2) is 20.7 Å². The predicted octanol–water partition coefficient (Wildman–Crippen LogP) is 3.28. The highest BCUT2D eigenvalue weighted by molar-refractivity contribution is 6.31. The zero-order chi connectivity index (χ0) is 19.7. The van der Waals surface area contributed by atoms with Crippen molar-refractivity contribution in [2.24, 2.45) is 5.73 Å². The number of nitrogens with one attached hydrogen (secondary N) is 1. The van der Waals surface area contributed by atoms with Crippen LogP contribution in [0.15, 0.2) is 66.1 Å². The zero-order valence-electron chi connectivity index (χ0n) is 15.1. The van der Waals surface area contributed by atoms with Crippen LogP contribution in [0.5, 0.6) is 5.75 Å². The standard InChI is InChI=1S/C20H18ClN5O2/c1-12-17(19(22)27)18(26-20(25-12)23-11-24-26)13-6-8-15(9-7-13)28-10-14-4-2-3-5-16(14)21/h2-9,11,18H,10H2,1H3,(H2,22,27)(H,23,24,25). The van der Waals surface area contributed by atoms with Crippen molar-refractivity contribution in [1.82, 2.24) is 14.8 Å². The van der Waals surface area contributed by atoms with E-state index in [1.165, 1.54) is 6.33 Å². The molecule has 28 heavy (non-hydrogen) atoms. The first-order valence-corrected chi connectivity index (χ1v) is 9.05. The molecule has 1 atom stereocenters. The molecule has 7 nitrogen and oxygen atoms in total. The molecule has 1 aromatic heterocycles. The fraction of sp³-hybridized carbons (Fsp3) is 0.150. The number of hydrogen-bond acceptors (Lipinski definition) is 5. The van der Waals surface area contributed by atoms with Crippen LogP contribution in [0.3, 0.4) is 0 Å². The number of nitrogens with two attached hydrogens (primary N) is 1. The van der Waals surface area contributed by atoms with Crippen molar-refractivity contribution >= 4 is 23.5 Å². The van der Waals surface area contributed by atoms with Gasteiger partial charge in [0.25, 0.3) is 0 Å². The first-order chi connectivity index (χ1) is 13.5. The smallest absolute Gasteiger partial charge is 0.248 e. The van der Waals surface area contributed by atoms with Crippen LogP contribution in [-0.2, 0) is 11.4 Å². The molecule has 0 aliphatic carbocycles. The quantitative estimate of drug-likeness (QED) is 0.691. The van der Waals surface area contributed by atoms with E-state index in [1.54, 1.807) is 11.6 Å². The Morgan fingerprint density at radius 2 is 2.00 bits per heavy atom. The van der Waals surface area contributed by atoms with Gasteiger partial charge >= 0.3 is 0 Å². The number of anilines is 1. The molecule has 8 heteroatoms. The van der Waals surface area contributed by atoms with Crippen LogP contribution in [0.1, 0.15) is 24.1 Å². The molecule has 2 heterocycles. The number of benzene rings is 2. The number of primary amides is 1. The summed E-state index contributed by atoms with van der Waals surface area (Å²) in [6.07, 6.45) is 1.44. The lowest BCUT2D eigenvalue weighted by atomic mass is 9.95. The van der Waals surface area contributed by atoms with Gasteiger partial charge < -0.3 is 15.8 Å². The van der Waals surface area contributed by atoms with Crippen molar-refractivity contribution in [3.05, 3.63) is 82.3 Å². The number of fused-ring (bicyclic) bond motifs is 1. The number of nitrogens with zero attached hydrogens (tertiary/aromatic N) is 3. The van der Waals surface area contributed by atoms with Gasteiger partial charge in [-0.25, -0.2) is 4.68 Å². The van der Waals surface area contributed by atoms with E-state index in [0.29, 0.717) is 34.6 Å². The van der Waals surface area contributed by atoms with E-state index in [2.05, 4.69) is 15.4 Å². The van der Waals surface area contributed by atoms with E-state index in [9.17, 15) is 4.79 Å². The third kappa shape index (κ3) is 3.32. The Morgan fingerprint density at radius 1 is 1.25 bits per heavy atom. The molecule has 3 aromatic rings. The number of hydrogen-bond donors (Lipinski definition) is 2. The average Bonchev–Trinajstić information content (AvgIpc) is 3.14. The number of ether oxygens (including phenoxy) is 1. The van der Waals surface area contributed by atoms with Gasteiger partial charge in [-0.05, 0) is 30.7 Å². The fourth-order valence-electron chi connectivity index (χ4n) is 3.24. The highest BCUT2D eigenvalue weighted by Gasteiger charge is 2.32. The van der Waals surface area contributed by atoms with Gasteiger partial charge in [-0.1, -0.05) is 41.9 Å².